The zero-order chi connectivity index (χ0) is 15.6. The average molecular weight is 313 g/mol. The molecule has 1 aromatic rings. The Balaban J connectivity index is 2.30. The maximum Gasteiger partial charge on any atom is 0.240 e. The molecule has 0 aliphatic carbocycles. The van der Waals surface area contributed by atoms with E-state index < -0.39 is 10.0 Å². The molecule has 0 amide bonds. The standard InChI is InChI=1S/C14H23N3O3S/c1-10(2)14-9-17(3)12-8-11(4-5-13(12)20-14)21(18,19)16-7-6-15/h4-5,8,10,14,16H,6-7,9,15H2,1-3H3. The quantitative estimate of drug-likeness (QED) is 0.839. The van der Waals surface area contributed by atoms with Crippen LogP contribution < -0.4 is 20.1 Å². The van der Waals surface area contributed by atoms with Crippen molar-refractivity contribution in [2.24, 2.45) is 11.7 Å². The van der Waals surface area contributed by atoms with Crippen molar-refractivity contribution in [3.05, 3.63) is 18.2 Å². The van der Waals surface area contributed by atoms with Gasteiger partial charge in [-0.2, -0.15) is 0 Å². The number of rotatable bonds is 5. The lowest BCUT2D eigenvalue weighted by molar-refractivity contribution is 0.147. The van der Waals surface area contributed by atoms with Gasteiger partial charge in [0.1, 0.15) is 11.9 Å². The normalized spacial score (nSPS) is 18.5. The zero-order valence-electron chi connectivity index (χ0n) is 12.7. The monoisotopic (exact) mass is 313 g/mol. The fraction of sp³-hybridized carbons (Fsp3) is 0.571. The summed E-state index contributed by atoms with van der Waals surface area (Å²) in [5.41, 5.74) is 6.13. The van der Waals surface area contributed by atoms with Gasteiger partial charge >= 0.3 is 0 Å². The Morgan fingerprint density at radius 2 is 2.19 bits per heavy atom. The van der Waals surface area contributed by atoms with Crippen LogP contribution in [0.15, 0.2) is 23.1 Å². The predicted molar refractivity (Wildman–Crippen MR) is 83.2 cm³/mol. The zero-order valence-corrected chi connectivity index (χ0v) is 13.5. The van der Waals surface area contributed by atoms with Crippen LogP contribution in [0.3, 0.4) is 0 Å². The lowest BCUT2D eigenvalue weighted by Crippen LogP contribution is -2.40. The number of nitrogens with zero attached hydrogens (tertiary/aromatic N) is 1. The first-order valence-corrected chi connectivity index (χ1v) is 8.55. The van der Waals surface area contributed by atoms with Gasteiger partial charge in [0, 0.05) is 20.1 Å². The Labute approximate surface area is 126 Å². The second-order valence-electron chi connectivity index (χ2n) is 5.60. The molecule has 21 heavy (non-hydrogen) atoms. The second-order valence-corrected chi connectivity index (χ2v) is 7.36. The molecular weight excluding hydrogens is 290 g/mol. The topological polar surface area (TPSA) is 84.7 Å². The van der Waals surface area contributed by atoms with Crippen LogP contribution in [-0.4, -0.2) is 41.2 Å². The van der Waals surface area contributed by atoms with E-state index in [0.29, 0.717) is 5.92 Å². The van der Waals surface area contributed by atoms with Crippen LogP contribution in [-0.2, 0) is 10.0 Å². The molecule has 0 fully saturated rings. The van der Waals surface area contributed by atoms with E-state index in [4.69, 9.17) is 10.5 Å². The molecule has 0 bridgehead atoms. The summed E-state index contributed by atoms with van der Waals surface area (Å²) in [5, 5.41) is 0. The fourth-order valence-corrected chi connectivity index (χ4v) is 3.32. The number of hydrogen-bond donors (Lipinski definition) is 2. The molecule has 7 heteroatoms. The molecule has 0 spiro atoms. The predicted octanol–water partition coefficient (Wildman–Crippen LogP) is 0.777. The number of nitrogens with two attached hydrogens (primary N) is 1. The molecule has 1 aliphatic rings. The van der Waals surface area contributed by atoms with E-state index in [0.717, 1.165) is 18.0 Å². The average Bonchev–Trinajstić information content (AvgIpc) is 2.44. The summed E-state index contributed by atoms with van der Waals surface area (Å²) in [5.74, 6) is 1.12. The molecule has 118 valence electrons. The number of ether oxygens (including phenoxy) is 1. The summed E-state index contributed by atoms with van der Waals surface area (Å²) in [7, 11) is -1.58. The van der Waals surface area contributed by atoms with Gasteiger partial charge < -0.3 is 15.4 Å². The number of sulfonamides is 1. The molecular formula is C14H23N3O3S. The molecule has 0 saturated heterocycles. The first-order valence-electron chi connectivity index (χ1n) is 7.06. The van der Waals surface area contributed by atoms with Crippen molar-refractivity contribution in [1.29, 1.82) is 0 Å². The minimum absolute atomic E-state index is 0.111. The number of benzene rings is 1. The highest BCUT2D eigenvalue weighted by Gasteiger charge is 2.27. The van der Waals surface area contributed by atoms with E-state index in [1.807, 2.05) is 11.9 Å². The summed E-state index contributed by atoms with van der Waals surface area (Å²) in [6, 6.07) is 4.93. The number of likely N-dealkylation sites (N-methyl/N-ethyl adjacent to an activating group) is 1. The summed E-state index contributed by atoms with van der Waals surface area (Å²) < 4.78 is 32.7. The number of fused-ring (bicyclic) bond motifs is 1. The SMILES string of the molecule is CC(C)C1CN(C)c2cc(S(=O)(=O)NCCN)ccc2O1. The van der Waals surface area contributed by atoms with Crippen molar-refractivity contribution in [2.45, 2.75) is 24.8 Å². The maximum atomic E-state index is 12.1. The summed E-state index contributed by atoms with van der Waals surface area (Å²) >= 11 is 0. The van der Waals surface area contributed by atoms with Gasteiger partial charge in [-0.15, -0.1) is 0 Å². The van der Waals surface area contributed by atoms with E-state index in [-0.39, 0.29) is 24.1 Å². The Morgan fingerprint density at radius 3 is 2.81 bits per heavy atom. The Bertz CT molecular complexity index is 601. The van der Waals surface area contributed by atoms with Crippen LogP contribution in [0.1, 0.15) is 13.8 Å². The molecule has 3 N–H and O–H groups in total. The Kier molecular flexibility index (Phi) is 4.75. The van der Waals surface area contributed by atoms with Gasteiger partial charge in [0.25, 0.3) is 0 Å². The number of hydrogen-bond acceptors (Lipinski definition) is 5. The molecule has 6 nitrogen and oxygen atoms in total. The van der Waals surface area contributed by atoms with E-state index >= 15 is 0 Å². The van der Waals surface area contributed by atoms with Crippen molar-refractivity contribution in [3.8, 4) is 5.75 Å². The molecule has 1 aromatic carbocycles. The van der Waals surface area contributed by atoms with Gasteiger partial charge in [-0.1, -0.05) is 13.8 Å². The molecule has 1 aliphatic heterocycles. The van der Waals surface area contributed by atoms with Crippen LogP contribution in [0.25, 0.3) is 0 Å². The van der Waals surface area contributed by atoms with Crippen LogP contribution in [0, 0.1) is 5.92 Å². The summed E-state index contributed by atoms with van der Waals surface area (Å²) in [6.07, 6.45) is 0.111. The van der Waals surface area contributed by atoms with E-state index in [1.54, 1.807) is 18.2 Å². The molecule has 1 heterocycles. The van der Waals surface area contributed by atoms with E-state index in [9.17, 15) is 8.42 Å². The Morgan fingerprint density at radius 1 is 1.48 bits per heavy atom. The van der Waals surface area contributed by atoms with Crippen LogP contribution >= 0.6 is 0 Å². The Hall–Kier alpha value is -1.31. The smallest absolute Gasteiger partial charge is 0.240 e. The van der Waals surface area contributed by atoms with Gasteiger partial charge in [0.05, 0.1) is 17.1 Å². The third-order valence-corrected chi connectivity index (χ3v) is 5.02. The highest BCUT2D eigenvalue weighted by molar-refractivity contribution is 7.89. The minimum atomic E-state index is -3.52. The van der Waals surface area contributed by atoms with Gasteiger partial charge in [-0.25, -0.2) is 13.1 Å². The van der Waals surface area contributed by atoms with Crippen molar-refractivity contribution < 1.29 is 13.2 Å². The second kappa shape index (κ2) is 6.21. The number of anilines is 1. The van der Waals surface area contributed by atoms with E-state index in [1.165, 1.54) is 0 Å². The van der Waals surface area contributed by atoms with E-state index in [2.05, 4.69) is 18.6 Å². The molecule has 0 aromatic heterocycles. The molecule has 0 radical (unpaired) electrons. The molecule has 1 atom stereocenters. The fourth-order valence-electron chi connectivity index (χ4n) is 2.25. The highest BCUT2D eigenvalue weighted by atomic mass is 32.2. The van der Waals surface area contributed by atoms with Gasteiger partial charge in [0.15, 0.2) is 0 Å². The largest absolute Gasteiger partial charge is 0.486 e. The lowest BCUT2D eigenvalue weighted by atomic mass is 10.0. The van der Waals surface area contributed by atoms with Crippen molar-refractivity contribution >= 4 is 15.7 Å². The third-order valence-electron chi connectivity index (χ3n) is 3.56. The highest BCUT2D eigenvalue weighted by Crippen LogP contribution is 2.35. The van der Waals surface area contributed by atoms with Crippen molar-refractivity contribution in [1.82, 2.24) is 4.72 Å². The summed E-state index contributed by atoms with van der Waals surface area (Å²) in [4.78, 5) is 2.26. The molecule has 2 rings (SSSR count). The minimum Gasteiger partial charge on any atom is -0.486 e. The molecule has 1 unspecified atom stereocenters. The number of nitrogens with one attached hydrogen (secondary N) is 1. The third kappa shape index (κ3) is 3.48. The van der Waals surface area contributed by atoms with Gasteiger partial charge in [-0.3, -0.25) is 0 Å². The van der Waals surface area contributed by atoms with Crippen molar-refractivity contribution in [2.75, 3.05) is 31.6 Å². The maximum absolute atomic E-state index is 12.1. The van der Waals surface area contributed by atoms with Crippen LogP contribution in [0.5, 0.6) is 5.75 Å². The first kappa shape index (κ1) is 16.1. The van der Waals surface area contributed by atoms with Gasteiger partial charge in [-0.05, 0) is 24.1 Å². The van der Waals surface area contributed by atoms with Crippen molar-refractivity contribution in [3.63, 3.8) is 0 Å². The lowest BCUT2D eigenvalue weighted by Gasteiger charge is -2.36. The van der Waals surface area contributed by atoms with Crippen LogP contribution in [0.2, 0.25) is 0 Å². The molecule has 0 saturated carbocycles. The van der Waals surface area contributed by atoms with Gasteiger partial charge in [0.2, 0.25) is 10.0 Å². The first-order chi connectivity index (χ1) is 9.85. The van der Waals surface area contributed by atoms with Crippen LogP contribution in [0.4, 0.5) is 5.69 Å². The summed E-state index contributed by atoms with van der Waals surface area (Å²) in [6.45, 7) is 5.45.